The van der Waals surface area contributed by atoms with Crippen LogP contribution in [0.25, 0.3) is 0 Å². The predicted octanol–water partition coefficient (Wildman–Crippen LogP) is 2.76. The van der Waals surface area contributed by atoms with Gasteiger partial charge in [-0.1, -0.05) is 35.9 Å². The molecule has 0 bridgehead atoms. The highest BCUT2D eigenvalue weighted by molar-refractivity contribution is 7.98. The van der Waals surface area contributed by atoms with Gasteiger partial charge in [-0.2, -0.15) is 5.10 Å². The molecule has 0 atom stereocenters. The van der Waals surface area contributed by atoms with Crippen molar-refractivity contribution in [1.29, 1.82) is 0 Å². The van der Waals surface area contributed by atoms with Crippen LogP contribution in [0, 0.1) is 13.8 Å². The molecule has 1 N–H and O–H groups in total. The fraction of sp³-hybridized carbons (Fsp3) is 0.381. The lowest BCUT2D eigenvalue weighted by Gasteiger charge is -2.30. The van der Waals surface area contributed by atoms with Gasteiger partial charge in [0.2, 0.25) is 0 Å². The van der Waals surface area contributed by atoms with Crippen LogP contribution in [0.1, 0.15) is 22.3 Å². The van der Waals surface area contributed by atoms with E-state index in [9.17, 15) is 0 Å². The minimum absolute atomic E-state index is 1.03. The van der Waals surface area contributed by atoms with Crippen LogP contribution in [0.15, 0.2) is 52.5 Å². The van der Waals surface area contributed by atoms with Gasteiger partial charge in [0.1, 0.15) is 6.54 Å². The first-order chi connectivity index (χ1) is 12.1. The van der Waals surface area contributed by atoms with Gasteiger partial charge in [0.25, 0.3) is 0 Å². The molecule has 0 aromatic heterocycles. The van der Waals surface area contributed by atoms with Gasteiger partial charge in [-0.3, -0.25) is 5.01 Å². The van der Waals surface area contributed by atoms with Crippen LogP contribution < -0.4 is 4.90 Å². The van der Waals surface area contributed by atoms with Crippen LogP contribution in [-0.2, 0) is 6.54 Å². The number of hydrogen-bond acceptors (Lipinski definition) is 3. The molecule has 132 valence electrons. The minimum Gasteiger partial charge on any atom is -0.328 e. The molecule has 1 aliphatic rings. The van der Waals surface area contributed by atoms with Gasteiger partial charge in [-0.15, -0.1) is 11.8 Å². The summed E-state index contributed by atoms with van der Waals surface area (Å²) in [6.07, 6.45) is 4.09. The molecule has 1 saturated heterocycles. The average molecular weight is 355 g/mol. The average Bonchev–Trinajstić information content (AvgIpc) is 2.64. The van der Waals surface area contributed by atoms with Gasteiger partial charge < -0.3 is 4.90 Å². The summed E-state index contributed by atoms with van der Waals surface area (Å²) in [7, 11) is 0. The summed E-state index contributed by atoms with van der Waals surface area (Å²) in [5.41, 5.74) is 5.41. The second kappa shape index (κ2) is 8.54. The smallest absolute Gasteiger partial charge is 0.103 e. The summed E-state index contributed by atoms with van der Waals surface area (Å²) in [5, 5.41) is 6.87. The minimum atomic E-state index is 1.03. The fourth-order valence-corrected chi connectivity index (χ4v) is 3.66. The topological polar surface area (TPSA) is 20.0 Å². The third-order valence-electron chi connectivity index (χ3n) is 4.87. The molecule has 1 heterocycles. The van der Waals surface area contributed by atoms with Gasteiger partial charge >= 0.3 is 0 Å². The van der Waals surface area contributed by atoms with Gasteiger partial charge in [-0.05, 0) is 43.4 Å². The molecule has 0 aliphatic carbocycles. The number of aryl methyl sites for hydroxylation is 2. The second-order valence-electron chi connectivity index (χ2n) is 6.83. The van der Waals surface area contributed by atoms with Crippen molar-refractivity contribution < 1.29 is 4.90 Å². The van der Waals surface area contributed by atoms with Crippen LogP contribution in [0.5, 0.6) is 0 Å². The molecule has 4 heteroatoms. The summed E-state index contributed by atoms with van der Waals surface area (Å²) < 4.78 is 0. The van der Waals surface area contributed by atoms with Gasteiger partial charge in [0, 0.05) is 10.5 Å². The summed E-state index contributed by atoms with van der Waals surface area (Å²) in [4.78, 5) is 2.95. The maximum absolute atomic E-state index is 4.67. The number of hydrogen-bond donors (Lipinski definition) is 1. The summed E-state index contributed by atoms with van der Waals surface area (Å²) >= 11 is 1.77. The lowest BCUT2D eigenvalue weighted by molar-refractivity contribution is -0.918. The number of quaternary nitrogens is 1. The highest BCUT2D eigenvalue weighted by atomic mass is 32.2. The van der Waals surface area contributed by atoms with Crippen LogP contribution in [0.2, 0.25) is 0 Å². The molecule has 0 amide bonds. The molecule has 0 saturated carbocycles. The molecule has 0 radical (unpaired) electrons. The van der Waals surface area contributed by atoms with Crippen molar-refractivity contribution >= 4 is 18.0 Å². The van der Waals surface area contributed by atoms with E-state index in [1.54, 1.807) is 16.7 Å². The fourth-order valence-electron chi connectivity index (χ4n) is 3.26. The van der Waals surface area contributed by atoms with E-state index in [1.807, 2.05) is 6.21 Å². The third kappa shape index (κ3) is 5.10. The molecule has 3 rings (SSSR count). The highest BCUT2D eigenvalue weighted by Crippen LogP contribution is 2.14. The number of rotatable bonds is 5. The largest absolute Gasteiger partial charge is 0.328 e. The number of hydrazone groups is 1. The molecule has 25 heavy (non-hydrogen) atoms. The molecule has 1 fully saturated rings. The molecular formula is C21H28N3S+. The van der Waals surface area contributed by atoms with Crippen LogP contribution in [0.3, 0.4) is 0 Å². The molecule has 2 aromatic carbocycles. The van der Waals surface area contributed by atoms with Crippen molar-refractivity contribution in [2.75, 3.05) is 32.4 Å². The van der Waals surface area contributed by atoms with E-state index in [-0.39, 0.29) is 0 Å². The van der Waals surface area contributed by atoms with Crippen molar-refractivity contribution in [3.8, 4) is 0 Å². The van der Waals surface area contributed by atoms with Crippen molar-refractivity contribution in [3.63, 3.8) is 0 Å². The zero-order chi connectivity index (χ0) is 17.6. The Morgan fingerprint density at radius 3 is 2.44 bits per heavy atom. The van der Waals surface area contributed by atoms with E-state index >= 15 is 0 Å². The van der Waals surface area contributed by atoms with E-state index in [0.29, 0.717) is 0 Å². The molecule has 2 aromatic rings. The molecule has 3 nitrogen and oxygen atoms in total. The molecule has 0 unspecified atom stereocenters. The van der Waals surface area contributed by atoms with E-state index in [1.165, 1.54) is 27.1 Å². The Hall–Kier alpha value is -1.78. The Labute approximate surface area is 155 Å². The maximum atomic E-state index is 4.67. The van der Waals surface area contributed by atoms with Gasteiger partial charge in [0.05, 0.1) is 32.4 Å². The normalized spacial score (nSPS) is 15.9. The number of piperazine rings is 1. The van der Waals surface area contributed by atoms with Crippen molar-refractivity contribution in [1.82, 2.24) is 5.01 Å². The summed E-state index contributed by atoms with van der Waals surface area (Å²) in [5.74, 6) is 0. The number of nitrogens with zero attached hydrogens (tertiary/aromatic N) is 2. The quantitative estimate of drug-likeness (QED) is 0.658. The Balaban J connectivity index is 1.50. The third-order valence-corrected chi connectivity index (χ3v) is 5.61. The maximum Gasteiger partial charge on any atom is 0.103 e. The first-order valence-corrected chi connectivity index (χ1v) is 10.2. The molecule has 0 spiro atoms. The first-order valence-electron chi connectivity index (χ1n) is 8.97. The Morgan fingerprint density at radius 2 is 1.80 bits per heavy atom. The Kier molecular flexibility index (Phi) is 6.16. The van der Waals surface area contributed by atoms with E-state index < -0.39 is 0 Å². The van der Waals surface area contributed by atoms with Crippen molar-refractivity contribution in [3.05, 3.63) is 64.7 Å². The van der Waals surface area contributed by atoms with Crippen LogP contribution in [-0.4, -0.2) is 43.7 Å². The van der Waals surface area contributed by atoms with Crippen LogP contribution in [0.4, 0.5) is 0 Å². The predicted molar refractivity (Wildman–Crippen MR) is 108 cm³/mol. The number of benzene rings is 2. The monoisotopic (exact) mass is 354 g/mol. The van der Waals surface area contributed by atoms with Crippen molar-refractivity contribution in [2.24, 2.45) is 5.10 Å². The van der Waals surface area contributed by atoms with Crippen molar-refractivity contribution in [2.45, 2.75) is 25.3 Å². The second-order valence-corrected chi connectivity index (χ2v) is 7.71. The standard InChI is InChI=1S/C21H27N3S/c1-17-4-7-20(18(2)14-17)16-23-10-12-24(13-11-23)22-15-19-5-8-21(25-3)9-6-19/h4-9,14-15H,10-13,16H2,1-3H3/p+1. The zero-order valence-corrected chi connectivity index (χ0v) is 16.3. The van der Waals surface area contributed by atoms with E-state index in [4.69, 9.17) is 0 Å². The highest BCUT2D eigenvalue weighted by Gasteiger charge is 2.19. The van der Waals surface area contributed by atoms with E-state index in [2.05, 4.69) is 72.7 Å². The first kappa shape index (κ1) is 18.0. The SMILES string of the molecule is CSc1ccc(C=NN2CC[NH+](Cc3ccc(C)cc3C)CC2)cc1. The summed E-state index contributed by atoms with van der Waals surface area (Å²) in [6, 6.07) is 15.4. The van der Waals surface area contributed by atoms with Gasteiger partial charge in [0.15, 0.2) is 0 Å². The van der Waals surface area contributed by atoms with Gasteiger partial charge in [-0.25, -0.2) is 0 Å². The van der Waals surface area contributed by atoms with Crippen LogP contribution >= 0.6 is 11.8 Å². The zero-order valence-electron chi connectivity index (χ0n) is 15.5. The lowest BCUT2D eigenvalue weighted by Crippen LogP contribution is -3.13. The molecular weight excluding hydrogens is 326 g/mol. The lowest BCUT2D eigenvalue weighted by atomic mass is 10.1. The van der Waals surface area contributed by atoms with E-state index in [0.717, 1.165) is 32.7 Å². The Bertz CT molecular complexity index is 716. The molecule has 1 aliphatic heterocycles. The number of thioether (sulfide) groups is 1. The summed E-state index contributed by atoms with van der Waals surface area (Å²) in [6.45, 7) is 9.87. The number of nitrogens with one attached hydrogen (secondary N) is 1. The Morgan fingerprint density at radius 1 is 1.08 bits per heavy atom.